The molecule has 2 rings (SSSR count). The van der Waals surface area contributed by atoms with Crippen molar-refractivity contribution >= 4 is 34.9 Å². The van der Waals surface area contributed by atoms with Crippen molar-refractivity contribution < 1.29 is 14.4 Å². The van der Waals surface area contributed by atoms with E-state index in [2.05, 4.69) is 15.8 Å². The number of nitrogens with one attached hydrogen (secondary N) is 2. The fraction of sp³-hybridized carbons (Fsp3) is 0.500. The number of rotatable bonds is 6. The van der Waals surface area contributed by atoms with Gasteiger partial charge in [0.1, 0.15) is 5.54 Å². The highest BCUT2D eigenvalue weighted by atomic mass is 35.5. The number of amides is 2. The van der Waals surface area contributed by atoms with Crippen LogP contribution in [-0.4, -0.2) is 29.8 Å². The SMILES string of the molecule is CC(=O)NC1(C(N)=NOCC(=O)Nc2ccc(Cl)cc2)CCCCCC1. The minimum Gasteiger partial charge on any atom is -0.384 e. The Morgan fingerprint density at radius 1 is 1.19 bits per heavy atom. The second-order valence-corrected chi connectivity index (χ2v) is 6.92. The van der Waals surface area contributed by atoms with Gasteiger partial charge in [0.2, 0.25) is 5.91 Å². The molecule has 0 heterocycles. The third-order valence-corrected chi connectivity index (χ3v) is 4.60. The van der Waals surface area contributed by atoms with Crippen molar-refractivity contribution in [2.24, 2.45) is 10.9 Å². The molecule has 0 unspecified atom stereocenters. The first-order valence-corrected chi connectivity index (χ1v) is 9.09. The van der Waals surface area contributed by atoms with Gasteiger partial charge in [-0.25, -0.2) is 0 Å². The number of nitrogens with zero attached hydrogens (tertiary/aromatic N) is 1. The molecule has 1 saturated carbocycles. The van der Waals surface area contributed by atoms with E-state index in [0.717, 1.165) is 25.7 Å². The molecule has 1 aliphatic rings. The van der Waals surface area contributed by atoms with Crippen molar-refractivity contribution in [3.63, 3.8) is 0 Å². The van der Waals surface area contributed by atoms with Crippen LogP contribution in [0.4, 0.5) is 5.69 Å². The number of nitrogens with two attached hydrogens (primary N) is 1. The van der Waals surface area contributed by atoms with Crippen LogP contribution < -0.4 is 16.4 Å². The summed E-state index contributed by atoms with van der Waals surface area (Å²) in [6, 6.07) is 6.74. The molecular weight excluding hydrogens is 356 g/mol. The summed E-state index contributed by atoms with van der Waals surface area (Å²) in [5.41, 5.74) is 6.03. The molecule has 4 N–H and O–H groups in total. The Bertz CT molecular complexity index is 653. The van der Waals surface area contributed by atoms with Crippen molar-refractivity contribution in [1.29, 1.82) is 0 Å². The predicted molar refractivity (Wildman–Crippen MR) is 102 cm³/mol. The minimum absolute atomic E-state index is 0.162. The van der Waals surface area contributed by atoms with Gasteiger partial charge in [0, 0.05) is 17.6 Å². The molecule has 0 radical (unpaired) electrons. The van der Waals surface area contributed by atoms with Gasteiger partial charge in [0.05, 0.1) is 0 Å². The lowest BCUT2D eigenvalue weighted by atomic mass is 9.89. The summed E-state index contributed by atoms with van der Waals surface area (Å²) in [5, 5.41) is 10.1. The number of hydrogen-bond acceptors (Lipinski definition) is 4. The first kappa shape index (κ1) is 20.0. The van der Waals surface area contributed by atoms with Crippen molar-refractivity contribution in [2.75, 3.05) is 11.9 Å². The average molecular weight is 381 g/mol. The Balaban J connectivity index is 1.94. The van der Waals surface area contributed by atoms with Crippen LogP contribution in [0.2, 0.25) is 5.02 Å². The highest BCUT2D eigenvalue weighted by molar-refractivity contribution is 6.30. The molecule has 8 heteroatoms. The summed E-state index contributed by atoms with van der Waals surface area (Å²) in [7, 11) is 0. The number of oxime groups is 1. The highest BCUT2D eigenvalue weighted by Gasteiger charge is 2.36. The number of halogens is 1. The van der Waals surface area contributed by atoms with Gasteiger partial charge in [-0.2, -0.15) is 0 Å². The maximum Gasteiger partial charge on any atom is 0.265 e. The van der Waals surface area contributed by atoms with Gasteiger partial charge in [-0.15, -0.1) is 0 Å². The monoisotopic (exact) mass is 380 g/mol. The zero-order chi connectivity index (χ0) is 19.0. The van der Waals surface area contributed by atoms with Crippen molar-refractivity contribution in [3.8, 4) is 0 Å². The van der Waals surface area contributed by atoms with E-state index in [-0.39, 0.29) is 24.3 Å². The highest BCUT2D eigenvalue weighted by Crippen LogP contribution is 2.27. The molecule has 0 aromatic heterocycles. The molecule has 1 aromatic rings. The molecule has 1 aliphatic carbocycles. The number of hydrogen-bond donors (Lipinski definition) is 3. The summed E-state index contributed by atoms with van der Waals surface area (Å²) >= 11 is 5.80. The quantitative estimate of drug-likeness (QED) is 0.305. The fourth-order valence-corrected chi connectivity index (χ4v) is 3.22. The molecule has 7 nitrogen and oxygen atoms in total. The van der Waals surface area contributed by atoms with E-state index in [4.69, 9.17) is 22.2 Å². The number of benzene rings is 1. The summed E-state index contributed by atoms with van der Waals surface area (Å²) < 4.78 is 0. The van der Waals surface area contributed by atoms with Gasteiger partial charge >= 0.3 is 0 Å². The summed E-state index contributed by atoms with van der Waals surface area (Å²) in [6.07, 6.45) is 5.52. The Hall–Kier alpha value is -2.28. The van der Waals surface area contributed by atoms with Crippen LogP contribution in [0, 0.1) is 0 Å². The summed E-state index contributed by atoms with van der Waals surface area (Å²) in [4.78, 5) is 28.7. The van der Waals surface area contributed by atoms with Crippen LogP contribution >= 0.6 is 11.6 Å². The Morgan fingerprint density at radius 3 is 2.38 bits per heavy atom. The second-order valence-electron chi connectivity index (χ2n) is 6.48. The van der Waals surface area contributed by atoms with Gasteiger partial charge in [0.25, 0.3) is 5.91 Å². The second kappa shape index (κ2) is 9.43. The fourth-order valence-electron chi connectivity index (χ4n) is 3.09. The van der Waals surface area contributed by atoms with Crippen LogP contribution in [0.25, 0.3) is 0 Å². The Labute approximate surface area is 158 Å². The van der Waals surface area contributed by atoms with Gasteiger partial charge < -0.3 is 21.2 Å². The van der Waals surface area contributed by atoms with Crippen LogP contribution in [0.1, 0.15) is 45.4 Å². The largest absolute Gasteiger partial charge is 0.384 e. The molecule has 0 atom stereocenters. The lowest BCUT2D eigenvalue weighted by Gasteiger charge is -2.32. The molecule has 26 heavy (non-hydrogen) atoms. The standard InChI is InChI=1S/C18H25ClN4O3/c1-13(24)22-18(10-4-2-3-5-11-18)17(20)23-26-12-16(25)21-15-8-6-14(19)7-9-15/h6-9H,2-5,10-12H2,1H3,(H2,20,23)(H,21,25)(H,22,24). The molecule has 0 aliphatic heterocycles. The maximum atomic E-state index is 11.9. The first-order valence-electron chi connectivity index (χ1n) is 8.71. The number of anilines is 1. The smallest absolute Gasteiger partial charge is 0.265 e. The van der Waals surface area contributed by atoms with E-state index < -0.39 is 5.54 Å². The van der Waals surface area contributed by atoms with Crippen LogP contribution in [0.5, 0.6) is 0 Å². The summed E-state index contributed by atoms with van der Waals surface area (Å²) in [5.74, 6) is -0.322. The van der Waals surface area contributed by atoms with E-state index in [1.807, 2.05) is 0 Å². The predicted octanol–water partition coefficient (Wildman–Crippen LogP) is 2.80. The number of amidine groups is 1. The molecule has 0 saturated heterocycles. The molecule has 2 amide bonds. The third-order valence-electron chi connectivity index (χ3n) is 4.35. The first-order chi connectivity index (χ1) is 12.4. The van der Waals surface area contributed by atoms with Gasteiger partial charge in [0.15, 0.2) is 12.4 Å². The average Bonchev–Trinajstić information content (AvgIpc) is 2.83. The van der Waals surface area contributed by atoms with Crippen LogP contribution in [0.3, 0.4) is 0 Å². The number of carbonyl (C=O) groups is 2. The molecule has 1 aromatic carbocycles. The summed E-state index contributed by atoms with van der Waals surface area (Å²) in [6.45, 7) is 1.18. The van der Waals surface area contributed by atoms with Gasteiger partial charge in [-0.3, -0.25) is 9.59 Å². The lowest BCUT2D eigenvalue weighted by Crippen LogP contribution is -2.56. The van der Waals surface area contributed by atoms with Gasteiger partial charge in [-0.1, -0.05) is 42.4 Å². The van der Waals surface area contributed by atoms with Crippen LogP contribution in [-0.2, 0) is 14.4 Å². The minimum atomic E-state index is -0.699. The molecule has 142 valence electrons. The number of carbonyl (C=O) groups excluding carboxylic acids is 2. The Kier molecular flexibility index (Phi) is 7.26. The van der Waals surface area contributed by atoms with E-state index >= 15 is 0 Å². The topological polar surface area (TPSA) is 106 Å². The molecule has 1 fully saturated rings. The van der Waals surface area contributed by atoms with E-state index in [0.29, 0.717) is 23.6 Å². The van der Waals surface area contributed by atoms with E-state index in [1.54, 1.807) is 24.3 Å². The van der Waals surface area contributed by atoms with Crippen LogP contribution in [0.15, 0.2) is 29.4 Å². The van der Waals surface area contributed by atoms with E-state index in [9.17, 15) is 9.59 Å². The van der Waals surface area contributed by atoms with Crippen molar-refractivity contribution in [3.05, 3.63) is 29.3 Å². The van der Waals surface area contributed by atoms with E-state index in [1.165, 1.54) is 6.92 Å². The normalized spacial score (nSPS) is 17.1. The van der Waals surface area contributed by atoms with Crippen molar-refractivity contribution in [2.45, 2.75) is 51.0 Å². The zero-order valence-electron chi connectivity index (χ0n) is 14.9. The molecular formula is C18H25ClN4O3. The molecule has 0 spiro atoms. The lowest BCUT2D eigenvalue weighted by molar-refractivity contribution is -0.121. The zero-order valence-corrected chi connectivity index (χ0v) is 15.6. The maximum absolute atomic E-state index is 11.9. The van der Waals surface area contributed by atoms with Gasteiger partial charge in [-0.05, 0) is 37.1 Å². The third kappa shape index (κ3) is 5.91. The van der Waals surface area contributed by atoms with Crippen molar-refractivity contribution in [1.82, 2.24) is 5.32 Å². The Morgan fingerprint density at radius 2 is 1.81 bits per heavy atom. The molecule has 0 bridgehead atoms.